The van der Waals surface area contributed by atoms with Gasteiger partial charge in [-0.05, 0) is 40.2 Å². The first-order chi connectivity index (χ1) is 7.61. The quantitative estimate of drug-likeness (QED) is 0.788. The molecule has 1 heterocycles. The molecule has 1 rings (SSSR count). The van der Waals surface area contributed by atoms with Crippen molar-refractivity contribution in [1.82, 2.24) is 5.32 Å². The zero-order chi connectivity index (χ0) is 12.0. The number of rotatable bonds is 6. The number of amides is 2. The molecule has 4 nitrogen and oxygen atoms in total. The van der Waals surface area contributed by atoms with E-state index in [0.717, 1.165) is 10.9 Å². The van der Waals surface area contributed by atoms with Crippen molar-refractivity contribution in [3.8, 4) is 0 Å². The Balaban J connectivity index is 2.21. The minimum absolute atomic E-state index is 0.0825. The molecule has 0 saturated heterocycles. The number of hydrogen-bond donors (Lipinski definition) is 2. The molecule has 6 heteroatoms. The van der Waals surface area contributed by atoms with E-state index in [2.05, 4.69) is 21.2 Å². The highest BCUT2D eigenvalue weighted by Gasteiger charge is 2.10. The number of unbranched alkanes of at least 4 members (excludes halogenated alkanes) is 1. The van der Waals surface area contributed by atoms with Gasteiger partial charge in [-0.25, -0.2) is 0 Å². The molecule has 0 aliphatic heterocycles. The number of halogens is 1. The fraction of sp³-hybridized carbons (Fsp3) is 0.400. The van der Waals surface area contributed by atoms with Gasteiger partial charge in [-0.3, -0.25) is 9.59 Å². The molecule has 0 aromatic carbocycles. The summed E-state index contributed by atoms with van der Waals surface area (Å²) in [4.78, 5) is 22.7. The van der Waals surface area contributed by atoms with Crippen molar-refractivity contribution in [3.05, 3.63) is 20.8 Å². The molecule has 0 aliphatic rings. The van der Waals surface area contributed by atoms with Gasteiger partial charge in [0.2, 0.25) is 5.91 Å². The van der Waals surface area contributed by atoms with Gasteiger partial charge in [0.05, 0.1) is 0 Å². The molecule has 2 amide bonds. The van der Waals surface area contributed by atoms with E-state index in [4.69, 9.17) is 5.73 Å². The predicted octanol–water partition coefficient (Wildman–Crippen LogP) is 1.90. The average molecular weight is 305 g/mol. The van der Waals surface area contributed by atoms with E-state index in [9.17, 15) is 9.59 Å². The van der Waals surface area contributed by atoms with Crippen molar-refractivity contribution in [3.63, 3.8) is 0 Å². The van der Waals surface area contributed by atoms with Crippen molar-refractivity contribution in [1.29, 1.82) is 0 Å². The molecule has 16 heavy (non-hydrogen) atoms. The summed E-state index contributed by atoms with van der Waals surface area (Å²) in [7, 11) is 0. The van der Waals surface area contributed by atoms with Crippen LogP contribution in [0.25, 0.3) is 0 Å². The number of nitrogens with one attached hydrogen (secondary N) is 1. The van der Waals surface area contributed by atoms with Crippen LogP contribution in [0.2, 0.25) is 0 Å². The second kappa shape index (κ2) is 6.65. The van der Waals surface area contributed by atoms with Gasteiger partial charge in [0.15, 0.2) is 0 Å². The Hall–Kier alpha value is -0.880. The van der Waals surface area contributed by atoms with E-state index in [-0.39, 0.29) is 11.8 Å². The summed E-state index contributed by atoms with van der Waals surface area (Å²) < 4.78 is 0.812. The van der Waals surface area contributed by atoms with Gasteiger partial charge in [-0.15, -0.1) is 11.3 Å². The van der Waals surface area contributed by atoms with Crippen LogP contribution in [0.5, 0.6) is 0 Å². The molecule has 0 unspecified atom stereocenters. The number of thiophene rings is 1. The van der Waals surface area contributed by atoms with E-state index >= 15 is 0 Å². The molecular formula is C10H13BrN2O2S. The van der Waals surface area contributed by atoms with Gasteiger partial charge in [-0.1, -0.05) is 0 Å². The lowest BCUT2D eigenvalue weighted by Crippen LogP contribution is -2.24. The minimum Gasteiger partial charge on any atom is -0.370 e. The van der Waals surface area contributed by atoms with Crippen LogP contribution in [0, 0.1) is 0 Å². The maximum absolute atomic E-state index is 11.6. The van der Waals surface area contributed by atoms with Crippen LogP contribution < -0.4 is 11.1 Å². The second-order valence-corrected chi connectivity index (χ2v) is 5.05. The SMILES string of the molecule is NC(=O)CCCCNC(=O)c1sccc1Br. The zero-order valence-corrected chi connectivity index (χ0v) is 11.1. The second-order valence-electron chi connectivity index (χ2n) is 3.28. The third-order valence-electron chi connectivity index (χ3n) is 1.96. The molecule has 0 bridgehead atoms. The third-order valence-corrected chi connectivity index (χ3v) is 3.80. The molecule has 0 saturated carbocycles. The number of carbonyl (C=O) groups excluding carboxylic acids is 2. The fourth-order valence-electron chi connectivity index (χ4n) is 1.16. The van der Waals surface area contributed by atoms with Crippen molar-refractivity contribution in [2.75, 3.05) is 6.54 Å². The van der Waals surface area contributed by atoms with Crippen LogP contribution in [0.3, 0.4) is 0 Å². The highest BCUT2D eigenvalue weighted by Crippen LogP contribution is 2.22. The zero-order valence-electron chi connectivity index (χ0n) is 8.66. The molecule has 0 spiro atoms. The topological polar surface area (TPSA) is 72.2 Å². The first kappa shape index (κ1) is 13.2. The molecule has 0 radical (unpaired) electrons. The number of hydrogen-bond acceptors (Lipinski definition) is 3. The summed E-state index contributed by atoms with van der Waals surface area (Å²) >= 11 is 4.69. The van der Waals surface area contributed by atoms with Crippen LogP contribution in [-0.2, 0) is 4.79 Å². The summed E-state index contributed by atoms with van der Waals surface area (Å²) in [6.07, 6.45) is 1.84. The fourth-order valence-corrected chi connectivity index (χ4v) is 2.63. The van der Waals surface area contributed by atoms with Crippen LogP contribution in [0.15, 0.2) is 15.9 Å². The smallest absolute Gasteiger partial charge is 0.262 e. The van der Waals surface area contributed by atoms with Gasteiger partial charge in [-0.2, -0.15) is 0 Å². The Bertz CT molecular complexity index is 379. The van der Waals surface area contributed by atoms with Crippen LogP contribution >= 0.6 is 27.3 Å². The summed E-state index contributed by atoms with van der Waals surface area (Å²) in [5.41, 5.74) is 5.00. The number of carbonyl (C=O) groups is 2. The summed E-state index contributed by atoms with van der Waals surface area (Å²) in [5.74, 6) is -0.381. The molecule has 88 valence electrons. The Morgan fingerprint density at radius 3 is 2.75 bits per heavy atom. The number of primary amides is 1. The summed E-state index contributed by atoms with van der Waals surface area (Å²) in [5, 5.41) is 4.64. The van der Waals surface area contributed by atoms with Gasteiger partial charge >= 0.3 is 0 Å². The third kappa shape index (κ3) is 4.32. The summed E-state index contributed by atoms with van der Waals surface area (Å²) in [6.45, 7) is 0.566. The van der Waals surface area contributed by atoms with E-state index < -0.39 is 0 Å². The molecular weight excluding hydrogens is 292 g/mol. The Kier molecular flexibility index (Phi) is 5.48. The van der Waals surface area contributed by atoms with E-state index in [0.29, 0.717) is 24.3 Å². The maximum atomic E-state index is 11.6. The van der Waals surface area contributed by atoms with Crippen molar-refractivity contribution >= 4 is 39.1 Å². The monoisotopic (exact) mass is 304 g/mol. The molecule has 0 aliphatic carbocycles. The van der Waals surface area contributed by atoms with E-state index in [1.54, 1.807) is 0 Å². The van der Waals surface area contributed by atoms with Crippen molar-refractivity contribution in [2.24, 2.45) is 5.73 Å². The minimum atomic E-state index is -0.299. The first-order valence-corrected chi connectivity index (χ1v) is 6.58. The van der Waals surface area contributed by atoms with Crippen LogP contribution in [0.4, 0.5) is 0 Å². The van der Waals surface area contributed by atoms with Crippen LogP contribution in [-0.4, -0.2) is 18.4 Å². The van der Waals surface area contributed by atoms with Crippen molar-refractivity contribution < 1.29 is 9.59 Å². The predicted molar refractivity (Wildman–Crippen MR) is 67.4 cm³/mol. The van der Waals surface area contributed by atoms with Gasteiger partial charge < -0.3 is 11.1 Å². The summed E-state index contributed by atoms with van der Waals surface area (Å²) in [6, 6.07) is 1.84. The Labute approximate surface area is 106 Å². The van der Waals surface area contributed by atoms with E-state index in [1.165, 1.54) is 11.3 Å². The molecule has 0 atom stereocenters. The lowest BCUT2D eigenvalue weighted by molar-refractivity contribution is -0.118. The highest BCUT2D eigenvalue weighted by molar-refractivity contribution is 9.10. The lowest BCUT2D eigenvalue weighted by Gasteiger charge is -2.03. The highest BCUT2D eigenvalue weighted by atomic mass is 79.9. The maximum Gasteiger partial charge on any atom is 0.262 e. The van der Waals surface area contributed by atoms with Gasteiger partial charge in [0, 0.05) is 17.4 Å². The molecule has 0 fully saturated rings. The Morgan fingerprint density at radius 2 is 2.19 bits per heavy atom. The largest absolute Gasteiger partial charge is 0.370 e. The van der Waals surface area contributed by atoms with Gasteiger partial charge in [0.25, 0.3) is 5.91 Å². The normalized spacial score (nSPS) is 10.1. The average Bonchev–Trinajstić information content (AvgIpc) is 2.63. The number of nitrogens with two attached hydrogens (primary N) is 1. The molecule has 1 aromatic rings. The van der Waals surface area contributed by atoms with Gasteiger partial charge in [0.1, 0.15) is 4.88 Å². The Morgan fingerprint density at radius 1 is 1.44 bits per heavy atom. The molecule has 1 aromatic heterocycles. The van der Waals surface area contributed by atoms with Crippen molar-refractivity contribution in [2.45, 2.75) is 19.3 Å². The standard InChI is InChI=1S/C10H13BrN2O2S/c11-7-4-6-16-9(7)10(15)13-5-2-1-3-8(12)14/h4,6H,1-3,5H2,(H2,12,14)(H,13,15). The first-order valence-electron chi connectivity index (χ1n) is 4.90. The molecule has 3 N–H and O–H groups in total. The van der Waals surface area contributed by atoms with Crippen LogP contribution in [0.1, 0.15) is 28.9 Å². The lowest BCUT2D eigenvalue weighted by atomic mass is 10.2. The van der Waals surface area contributed by atoms with E-state index in [1.807, 2.05) is 11.4 Å².